The fourth-order valence-electron chi connectivity index (χ4n) is 2.80. The highest BCUT2D eigenvalue weighted by molar-refractivity contribution is 7.92. The van der Waals surface area contributed by atoms with Crippen LogP contribution in [0.15, 0.2) is 24.3 Å². The van der Waals surface area contributed by atoms with Crippen molar-refractivity contribution >= 4 is 21.6 Å². The van der Waals surface area contributed by atoms with Gasteiger partial charge >= 0.3 is 0 Å². The Bertz CT molecular complexity index is 667. The first kappa shape index (κ1) is 18.6. The van der Waals surface area contributed by atoms with Gasteiger partial charge in [-0.1, -0.05) is 19.1 Å². The molecule has 1 aliphatic rings. The normalized spacial score (nSPS) is 16.0. The molecule has 1 heterocycles. The quantitative estimate of drug-likeness (QED) is 0.785. The lowest BCUT2D eigenvalue weighted by Gasteiger charge is -2.32. The van der Waals surface area contributed by atoms with E-state index in [0.29, 0.717) is 37.1 Å². The molecule has 0 spiro atoms. The van der Waals surface area contributed by atoms with Crippen LogP contribution in [-0.4, -0.2) is 51.7 Å². The number of sulfonamides is 1. The maximum absolute atomic E-state index is 12.6. The van der Waals surface area contributed by atoms with E-state index in [1.165, 1.54) is 0 Å². The summed E-state index contributed by atoms with van der Waals surface area (Å²) in [5, 5.41) is 0. The lowest BCUT2D eigenvalue weighted by molar-refractivity contribution is -0.130. The lowest BCUT2D eigenvalue weighted by atomic mass is 9.99. The summed E-state index contributed by atoms with van der Waals surface area (Å²) in [7, 11) is -3.60. The number of likely N-dealkylation sites (tertiary alicyclic amines) is 1. The molecule has 0 aromatic heterocycles. The molecule has 0 radical (unpaired) electrons. The minimum atomic E-state index is -3.60. The summed E-state index contributed by atoms with van der Waals surface area (Å²) in [6, 6.07) is 6.90. The van der Waals surface area contributed by atoms with Crippen molar-refractivity contribution in [1.29, 1.82) is 0 Å². The van der Waals surface area contributed by atoms with Gasteiger partial charge in [0.1, 0.15) is 12.3 Å². The van der Waals surface area contributed by atoms with Gasteiger partial charge in [0.25, 0.3) is 0 Å². The van der Waals surface area contributed by atoms with E-state index in [2.05, 4.69) is 6.92 Å². The molecule has 1 aliphatic heterocycles. The summed E-state index contributed by atoms with van der Waals surface area (Å²) in [6.07, 6.45) is 3.03. The highest BCUT2D eigenvalue weighted by Crippen LogP contribution is 2.30. The number of carbonyl (C=O) groups is 1. The van der Waals surface area contributed by atoms with Crippen LogP contribution >= 0.6 is 0 Å². The minimum absolute atomic E-state index is 0.168. The van der Waals surface area contributed by atoms with E-state index in [-0.39, 0.29) is 12.5 Å². The zero-order valence-corrected chi connectivity index (χ0v) is 15.4. The second-order valence-corrected chi connectivity index (χ2v) is 8.14. The van der Waals surface area contributed by atoms with Crippen molar-refractivity contribution in [2.45, 2.75) is 26.7 Å². The fraction of sp³-hybridized carbons (Fsp3) is 0.588. The SMILES string of the molecule is CCOc1ccccc1N(CC(=O)N1CCC(C)CC1)S(C)(=O)=O. The molecule has 0 N–H and O–H groups in total. The number of ether oxygens (including phenoxy) is 1. The Labute approximate surface area is 144 Å². The summed E-state index contributed by atoms with van der Waals surface area (Å²) >= 11 is 0. The van der Waals surface area contributed by atoms with E-state index < -0.39 is 10.0 Å². The third-order valence-electron chi connectivity index (χ3n) is 4.25. The zero-order chi connectivity index (χ0) is 17.7. The molecule has 0 atom stereocenters. The molecular formula is C17H26N2O4S. The molecule has 0 saturated carbocycles. The largest absolute Gasteiger partial charge is 0.492 e. The third-order valence-corrected chi connectivity index (χ3v) is 5.38. The molecule has 2 rings (SSSR count). The van der Waals surface area contributed by atoms with Gasteiger partial charge in [-0.3, -0.25) is 9.10 Å². The summed E-state index contributed by atoms with van der Waals surface area (Å²) in [5.41, 5.74) is 0.403. The van der Waals surface area contributed by atoms with Crippen molar-refractivity contribution in [1.82, 2.24) is 4.90 Å². The molecule has 1 saturated heterocycles. The van der Waals surface area contributed by atoms with Gasteiger partial charge in [-0.15, -0.1) is 0 Å². The number of para-hydroxylation sites is 2. The molecule has 7 heteroatoms. The monoisotopic (exact) mass is 354 g/mol. The summed E-state index contributed by atoms with van der Waals surface area (Å²) in [6.45, 7) is 5.60. The third kappa shape index (κ3) is 4.63. The van der Waals surface area contributed by atoms with Crippen LogP contribution in [0.3, 0.4) is 0 Å². The van der Waals surface area contributed by atoms with E-state index in [1.54, 1.807) is 29.2 Å². The first-order valence-electron chi connectivity index (χ1n) is 8.30. The summed E-state index contributed by atoms with van der Waals surface area (Å²) < 4.78 is 31.2. The van der Waals surface area contributed by atoms with Crippen LogP contribution in [0, 0.1) is 5.92 Å². The Hall–Kier alpha value is -1.76. The van der Waals surface area contributed by atoms with Gasteiger partial charge in [0.05, 0.1) is 18.6 Å². The van der Waals surface area contributed by atoms with Crippen molar-refractivity contribution in [2.75, 3.05) is 36.8 Å². The second kappa shape index (κ2) is 7.88. The zero-order valence-electron chi connectivity index (χ0n) is 14.6. The average Bonchev–Trinajstić information content (AvgIpc) is 2.53. The Kier molecular flexibility index (Phi) is 6.10. The highest BCUT2D eigenvalue weighted by atomic mass is 32.2. The molecule has 0 bridgehead atoms. The second-order valence-electron chi connectivity index (χ2n) is 6.23. The molecule has 1 fully saturated rings. The molecule has 6 nitrogen and oxygen atoms in total. The van der Waals surface area contributed by atoms with Gasteiger partial charge in [-0.2, -0.15) is 0 Å². The van der Waals surface area contributed by atoms with E-state index in [9.17, 15) is 13.2 Å². The summed E-state index contributed by atoms with van der Waals surface area (Å²) in [5.74, 6) is 0.905. The molecule has 1 aromatic rings. The van der Waals surface area contributed by atoms with Crippen LogP contribution in [-0.2, 0) is 14.8 Å². The number of amides is 1. The highest BCUT2D eigenvalue weighted by Gasteiger charge is 2.27. The number of benzene rings is 1. The van der Waals surface area contributed by atoms with E-state index in [1.807, 2.05) is 6.92 Å². The predicted molar refractivity (Wildman–Crippen MR) is 94.8 cm³/mol. The molecular weight excluding hydrogens is 328 g/mol. The number of piperidine rings is 1. The smallest absolute Gasteiger partial charge is 0.243 e. The van der Waals surface area contributed by atoms with Gasteiger partial charge in [0.15, 0.2) is 0 Å². The molecule has 0 aliphatic carbocycles. The van der Waals surface area contributed by atoms with E-state index in [0.717, 1.165) is 23.4 Å². The maximum Gasteiger partial charge on any atom is 0.243 e. The predicted octanol–water partition coefficient (Wildman–Crippen LogP) is 2.11. The molecule has 1 amide bonds. The standard InChI is InChI=1S/C17H26N2O4S/c1-4-23-16-8-6-5-7-15(16)19(24(3,21)22)13-17(20)18-11-9-14(2)10-12-18/h5-8,14H,4,9-13H2,1-3H3. The Morgan fingerprint density at radius 3 is 2.50 bits per heavy atom. The van der Waals surface area contributed by atoms with E-state index >= 15 is 0 Å². The van der Waals surface area contributed by atoms with Crippen LogP contribution in [0.25, 0.3) is 0 Å². The number of rotatable bonds is 6. The molecule has 134 valence electrons. The summed E-state index contributed by atoms with van der Waals surface area (Å²) in [4.78, 5) is 14.3. The van der Waals surface area contributed by atoms with E-state index in [4.69, 9.17) is 4.74 Å². The Morgan fingerprint density at radius 2 is 1.92 bits per heavy atom. The number of hydrogen-bond acceptors (Lipinski definition) is 4. The average molecular weight is 354 g/mol. The number of anilines is 1. The van der Waals surface area contributed by atoms with Crippen molar-refractivity contribution in [2.24, 2.45) is 5.92 Å². The number of hydrogen-bond donors (Lipinski definition) is 0. The van der Waals surface area contributed by atoms with Crippen LogP contribution in [0.2, 0.25) is 0 Å². The van der Waals surface area contributed by atoms with Crippen molar-refractivity contribution in [3.8, 4) is 5.75 Å². The van der Waals surface area contributed by atoms with Gasteiger partial charge in [-0.25, -0.2) is 8.42 Å². The minimum Gasteiger partial charge on any atom is -0.492 e. The van der Waals surface area contributed by atoms with Crippen LogP contribution in [0.5, 0.6) is 5.75 Å². The van der Waals surface area contributed by atoms with Gasteiger partial charge in [0, 0.05) is 13.1 Å². The van der Waals surface area contributed by atoms with Crippen LogP contribution < -0.4 is 9.04 Å². The fourth-order valence-corrected chi connectivity index (χ4v) is 3.66. The maximum atomic E-state index is 12.6. The Morgan fingerprint density at radius 1 is 1.29 bits per heavy atom. The van der Waals surface area contributed by atoms with Gasteiger partial charge < -0.3 is 9.64 Å². The first-order chi connectivity index (χ1) is 11.3. The van der Waals surface area contributed by atoms with Crippen LogP contribution in [0.1, 0.15) is 26.7 Å². The van der Waals surface area contributed by atoms with Gasteiger partial charge in [-0.05, 0) is 37.8 Å². The first-order valence-corrected chi connectivity index (χ1v) is 10.1. The Balaban J connectivity index is 2.23. The van der Waals surface area contributed by atoms with Crippen molar-refractivity contribution in [3.05, 3.63) is 24.3 Å². The van der Waals surface area contributed by atoms with Gasteiger partial charge in [0.2, 0.25) is 15.9 Å². The number of carbonyl (C=O) groups excluding carboxylic acids is 1. The van der Waals surface area contributed by atoms with Crippen LogP contribution in [0.4, 0.5) is 5.69 Å². The molecule has 24 heavy (non-hydrogen) atoms. The molecule has 1 aromatic carbocycles. The molecule has 0 unspecified atom stereocenters. The topological polar surface area (TPSA) is 66.9 Å². The lowest BCUT2D eigenvalue weighted by Crippen LogP contribution is -2.45. The van der Waals surface area contributed by atoms with Crippen molar-refractivity contribution in [3.63, 3.8) is 0 Å². The number of nitrogens with zero attached hydrogens (tertiary/aromatic N) is 2. The van der Waals surface area contributed by atoms with Crippen molar-refractivity contribution < 1.29 is 17.9 Å².